The standard InChI is InChI=1S/C21H25BrN6/c1-14-11-17(22)12-15(2)20(14)26-19-13-18(16-5-7-23-8-6-16)25-21(27-19)24-9-10-28(3)4/h5-8,11-13H,9-10H2,1-4H3,(H2,24,25,26,27). The second-order valence-corrected chi connectivity index (χ2v) is 7.88. The molecule has 0 saturated carbocycles. The lowest BCUT2D eigenvalue weighted by molar-refractivity contribution is 0.425. The minimum Gasteiger partial charge on any atom is -0.353 e. The number of benzene rings is 1. The van der Waals surface area contributed by atoms with Gasteiger partial charge in [0.1, 0.15) is 5.82 Å². The molecule has 146 valence electrons. The van der Waals surface area contributed by atoms with Crippen LogP contribution in [-0.4, -0.2) is 47.0 Å². The lowest BCUT2D eigenvalue weighted by atomic mass is 10.1. The van der Waals surface area contributed by atoms with Crippen LogP contribution in [0, 0.1) is 13.8 Å². The Labute approximate surface area is 174 Å². The van der Waals surface area contributed by atoms with E-state index < -0.39 is 0 Å². The fraction of sp³-hybridized carbons (Fsp3) is 0.286. The van der Waals surface area contributed by atoms with E-state index in [-0.39, 0.29) is 0 Å². The summed E-state index contributed by atoms with van der Waals surface area (Å²) in [6.07, 6.45) is 3.54. The van der Waals surface area contributed by atoms with Crippen LogP contribution in [0.2, 0.25) is 0 Å². The van der Waals surface area contributed by atoms with Crippen molar-refractivity contribution >= 4 is 33.4 Å². The molecule has 0 saturated heterocycles. The fourth-order valence-corrected chi connectivity index (χ4v) is 3.57. The summed E-state index contributed by atoms with van der Waals surface area (Å²) in [7, 11) is 4.09. The number of pyridine rings is 1. The Hall–Kier alpha value is -2.51. The predicted molar refractivity (Wildman–Crippen MR) is 119 cm³/mol. The number of nitrogens with zero attached hydrogens (tertiary/aromatic N) is 4. The van der Waals surface area contributed by atoms with E-state index >= 15 is 0 Å². The van der Waals surface area contributed by atoms with Gasteiger partial charge in [-0.15, -0.1) is 0 Å². The van der Waals surface area contributed by atoms with E-state index in [4.69, 9.17) is 0 Å². The number of anilines is 3. The summed E-state index contributed by atoms with van der Waals surface area (Å²) in [5, 5.41) is 6.80. The molecule has 0 unspecified atom stereocenters. The number of halogens is 1. The second kappa shape index (κ2) is 9.12. The highest BCUT2D eigenvalue weighted by atomic mass is 79.9. The molecule has 7 heteroatoms. The maximum atomic E-state index is 4.69. The summed E-state index contributed by atoms with van der Waals surface area (Å²) in [6, 6.07) is 10.1. The summed E-state index contributed by atoms with van der Waals surface area (Å²) in [5.74, 6) is 1.36. The number of hydrogen-bond donors (Lipinski definition) is 2. The third-order valence-corrected chi connectivity index (χ3v) is 4.75. The number of nitrogens with one attached hydrogen (secondary N) is 2. The molecule has 3 aromatic rings. The van der Waals surface area contributed by atoms with Crippen molar-refractivity contribution in [1.29, 1.82) is 0 Å². The smallest absolute Gasteiger partial charge is 0.225 e. The van der Waals surface area contributed by atoms with Crippen LogP contribution in [0.4, 0.5) is 17.5 Å². The quantitative estimate of drug-likeness (QED) is 0.557. The van der Waals surface area contributed by atoms with E-state index in [1.807, 2.05) is 32.3 Å². The molecule has 0 aliphatic rings. The van der Waals surface area contributed by atoms with E-state index in [1.165, 1.54) is 0 Å². The molecule has 0 bridgehead atoms. The summed E-state index contributed by atoms with van der Waals surface area (Å²) in [4.78, 5) is 15.6. The third-order valence-electron chi connectivity index (χ3n) is 4.29. The summed E-state index contributed by atoms with van der Waals surface area (Å²) in [5.41, 5.74) is 5.21. The highest BCUT2D eigenvalue weighted by molar-refractivity contribution is 9.10. The van der Waals surface area contributed by atoms with E-state index in [9.17, 15) is 0 Å². The molecular weight excluding hydrogens is 416 g/mol. The lowest BCUT2D eigenvalue weighted by Crippen LogP contribution is -2.21. The van der Waals surface area contributed by atoms with Crippen LogP contribution in [-0.2, 0) is 0 Å². The Kier molecular flexibility index (Phi) is 6.59. The third kappa shape index (κ3) is 5.27. The molecule has 0 aliphatic heterocycles. The van der Waals surface area contributed by atoms with Crippen LogP contribution >= 0.6 is 15.9 Å². The lowest BCUT2D eigenvalue weighted by Gasteiger charge is -2.16. The Morgan fingerprint density at radius 2 is 1.68 bits per heavy atom. The van der Waals surface area contributed by atoms with Crippen LogP contribution < -0.4 is 10.6 Å². The molecule has 6 nitrogen and oxygen atoms in total. The monoisotopic (exact) mass is 440 g/mol. The van der Waals surface area contributed by atoms with Crippen LogP contribution in [0.3, 0.4) is 0 Å². The largest absolute Gasteiger partial charge is 0.353 e. The molecule has 0 aliphatic carbocycles. The Morgan fingerprint density at radius 1 is 1.00 bits per heavy atom. The molecule has 0 amide bonds. The van der Waals surface area contributed by atoms with Gasteiger partial charge in [0.05, 0.1) is 5.69 Å². The van der Waals surface area contributed by atoms with E-state index in [0.29, 0.717) is 5.95 Å². The summed E-state index contributed by atoms with van der Waals surface area (Å²) < 4.78 is 1.07. The molecular formula is C21H25BrN6. The van der Waals surface area contributed by atoms with Gasteiger partial charge in [0, 0.05) is 47.3 Å². The van der Waals surface area contributed by atoms with Gasteiger partial charge in [0.15, 0.2) is 0 Å². The molecule has 1 aromatic carbocycles. The summed E-state index contributed by atoms with van der Waals surface area (Å²) >= 11 is 3.55. The number of hydrogen-bond acceptors (Lipinski definition) is 6. The Balaban J connectivity index is 1.95. The zero-order valence-corrected chi connectivity index (χ0v) is 18.2. The van der Waals surface area contributed by atoms with Gasteiger partial charge in [-0.3, -0.25) is 4.98 Å². The first-order chi connectivity index (χ1) is 13.4. The first-order valence-corrected chi connectivity index (χ1v) is 9.93. The van der Waals surface area contributed by atoms with Gasteiger partial charge in [-0.25, -0.2) is 4.98 Å². The minimum atomic E-state index is 0.603. The van der Waals surface area contributed by atoms with Crippen molar-refractivity contribution < 1.29 is 0 Å². The van der Waals surface area contributed by atoms with Crippen molar-refractivity contribution in [3.63, 3.8) is 0 Å². The number of rotatable bonds is 7. The molecule has 2 aromatic heterocycles. The average Bonchev–Trinajstić information content (AvgIpc) is 2.65. The van der Waals surface area contributed by atoms with Gasteiger partial charge in [-0.2, -0.15) is 4.98 Å². The fourth-order valence-electron chi connectivity index (χ4n) is 2.89. The van der Waals surface area contributed by atoms with Crippen molar-refractivity contribution in [2.24, 2.45) is 0 Å². The van der Waals surface area contributed by atoms with Crippen LogP contribution in [0.5, 0.6) is 0 Å². The second-order valence-electron chi connectivity index (χ2n) is 6.97. The molecule has 0 radical (unpaired) electrons. The topological polar surface area (TPSA) is 66.0 Å². The van der Waals surface area contributed by atoms with E-state index in [1.54, 1.807) is 12.4 Å². The maximum absolute atomic E-state index is 4.69. The SMILES string of the molecule is Cc1cc(Br)cc(C)c1Nc1cc(-c2ccncc2)nc(NCCN(C)C)n1. The first kappa shape index (κ1) is 20.2. The molecule has 0 atom stereocenters. The van der Waals surface area contributed by atoms with Crippen molar-refractivity contribution in [3.8, 4) is 11.3 Å². The molecule has 3 rings (SSSR count). The zero-order chi connectivity index (χ0) is 20.1. The summed E-state index contributed by atoms with van der Waals surface area (Å²) in [6.45, 7) is 5.84. The number of likely N-dealkylation sites (N-methyl/N-ethyl adjacent to an activating group) is 1. The first-order valence-electron chi connectivity index (χ1n) is 9.14. The maximum Gasteiger partial charge on any atom is 0.225 e. The zero-order valence-electron chi connectivity index (χ0n) is 16.6. The van der Waals surface area contributed by atoms with Gasteiger partial charge in [0.2, 0.25) is 5.95 Å². The predicted octanol–water partition coefficient (Wildman–Crippen LogP) is 4.64. The molecule has 2 N–H and O–H groups in total. The van der Waals surface area contributed by atoms with Gasteiger partial charge in [-0.1, -0.05) is 15.9 Å². The van der Waals surface area contributed by atoms with E-state index in [0.717, 1.165) is 51.5 Å². The Morgan fingerprint density at radius 3 is 2.32 bits per heavy atom. The molecule has 0 fully saturated rings. The van der Waals surface area contributed by atoms with Crippen LogP contribution in [0.15, 0.2) is 47.2 Å². The van der Waals surface area contributed by atoms with Crippen LogP contribution in [0.25, 0.3) is 11.3 Å². The number of aromatic nitrogens is 3. The van der Waals surface area contributed by atoms with Crippen LogP contribution in [0.1, 0.15) is 11.1 Å². The molecule has 28 heavy (non-hydrogen) atoms. The molecule has 2 heterocycles. The number of aryl methyl sites for hydroxylation is 2. The van der Waals surface area contributed by atoms with Crippen molar-refractivity contribution in [2.45, 2.75) is 13.8 Å². The van der Waals surface area contributed by atoms with Crippen molar-refractivity contribution in [1.82, 2.24) is 19.9 Å². The van der Waals surface area contributed by atoms with E-state index in [2.05, 4.69) is 72.4 Å². The highest BCUT2D eigenvalue weighted by Crippen LogP contribution is 2.29. The van der Waals surface area contributed by atoms with Gasteiger partial charge in [0.25, 0.3) is 0 Å². The van der Waals surface area contributed by atoms with Gasteiger partial charge in [-0.05, 0) is 63.3 Å². The molecule has 0 spiro atoms. The van der Waals surface area contributed by atoms with Gasteiger partial charge >= 0.3 is 0 Å². The minimum absolute atomic E-state index is 0.603. The highest BCUT2D eigenvalue weighted by Gasteiger charge is 2.10. The normalized spacial score (nSPS) is 10.9. The Bertz CT molecular complexity index is 920. The van der Waals surface area contributed by atoms with Crippen molar-refractivity contribution in [3.05, 3.63) is 58.3 Å². The van der Waals surface area contributed by atoms with Crippen molar-refractivity contribution in [2.75, 3.05) is 37.8 Å². The van der Waals surface area contributed by atoms with Gasteiger partial charge < -0.3 is 15.5 Å². The average molecular weight is 441 g/mol.